The normalized spacial score (nSPS) is 11.1. The van der Waals surface area contributed by atoms with Crippen molar-refractivity contribution >= 4 is 29.9 Å². The third-order valence-corrected chi connectivity index (χ3v) is 4.18. The van der Waals surface area contributed by atoms with Crippen LogP contribution in [0.4, 0.5) is 4.39 Å². The number of aliphatic imine (C=N–C) groups is 1. The Bertz CT molecular complexity index is 925. The zero-order valence-electron chi connectivity index (χ0n) is 16.6. The minimum atomic E-state index is -0.249. The van der Waals surface area contributed by atoms with E-state index in [1.165, 1.54) is 17.7 Å². The lowest BCUT2D eigenvalue weighted by molar-refractivity contribution is 0.572. The molecule has 0 unspecified atom stereocenters. The summed E-state index contributed by atoms with van der Waals surface area (Å²) < 4.78 is 18.9. The molecule has 1 heterocycles. The Kier molecular flexibility index (Phi) is 9.11. The Morgan fingerprint density at radius 1 is 1.14 bits per heavy atom. The van der Waals surface area contributed by atoms with Crippen molar-refractivity contribution < 1.29 is 8.81 Å². The van der Waals surface area contributed by atoms with Gasteiger partial charge in [0.1, 0.15) is 12.1 Å². The quantitative estimate of drug-likeness (QED) is 0.276. The molecule has 0 radical (unpaired) electrons. The molecule has 0 aliphatic carbocycles. The van der Waals surface area contributed by atoms with E-state index in [4.69, 9.17) is 4.42 Å². The summed E-state index contributed by atoms with van der Waals surface area (Å²) in [6.45, 7) is 5.87. The molecule has 154 valence electrons. The highest BCUT2D eigenvalue weighted by Crippen LogP contribution is 2.19. The Labute approximate surface area is 187 Å². The second kappa shape index (κ2) is 11.5. The van der Waals surface area contributed by atoms with E-state index in [0.717, 1.165) is 23.4 Å². The van der Waals surface area contributed by atoms with Crippen LogP contribution in [0, 0.1) is 12.7 Å². The minimum Gasteiger partial charge on any atom is -0.444 e. The second-order valence-electron chi connectivity index (χ2n) is 6.51. The molecule has 2 N–H and O–H groups in total. The highest BCUT2D eigenvalue weighted by atomic mass is 127. The fourth-order valence-corrected chi connectivity index (χ4v) is 2.71. The molecule has 7 heteroatoms. The van der Waals surface area contributed by atoms with Gasteiger partial charge in [0.05, 0.1) is 12.2 Å². The number of aryl methyl sites for hydroxylation is 1. The predicted octanol–water partition coefficient (Wildman–Crippen LogP) is 4.70. The van der Waals surface area contributed by atoms with Crippen molar-refractivity contribution in [3.05, 3.63) is 77.4 Å². The molecule has 2 aromatic carbocycles. The summed E-state index contributed by atoms with van der Waals surface area (Å²) in [6.07, 6.45) is 2.40. The Morgan fingerprint density at radius 3 is 2.66 bits per heavy atom. The molecule has 0 bridgehead atoms. The van der Waals surface area contributed by atoms with Crippen molar-refractivity contribution in [2.45, 2.75) is 26.8 Å². The van der Waals surface area contributed by atoms with Crippen molar-refractivity contribution in [1.29, 1.82) is 0 Å². The van der Waals surface area contributed by atoms with Gasteiger partial charge in [0.15, 0.2) is 5.96 Å². The van der Waals surface area contributed by atoms with Gasteiger partial charge in [-0.05, 0) is 43.7 Å². The smallest absolute Gasteiger partial charge is 0.226 e. The van der Waals surface area contributed by atoms with Crippen LogP contribution in [0.2, 0.25) is 0 Å². The van der Waals surface area contributed by atoms with E-state index >= 15 is 0 Å². The molecule has 0 saturated heterocycles. The number of halogens is 2. The van der Waals surface area contributed by atoms with Gasteiger partial charge < -0.3 is 15.1 Å². The van der Waals surface area contributed by atoms with Crippen molar-refractivity contribution in [3.63, 3.8) is 0 Å². The molecular formula is C22H26FIN4O. The second-order valence-corrected chi connectivity index (χ2v) is 6.51. The highest BCUT2D eigenvalue weighted by Gasteiger charge is 2.07. The van der Waals surface area contributed by atoms with Gasteiger partial charge in [-0.25, -0.2) is 14.4 Å². The van der Waals surface area contributed by atoms with E-state index in [-0.39, 0.29) is 29.8 Å². The van der Waals surface area contributed by atoms with E-state index < -0.39 is 0 Å². The van der Waals surface area contributed by atoms with Gasteiger partial charge in [-0.15, -0.1) is 24.0 Å². The molecule has 0 saturated carbocycles. The maximum absolute atomic E-state index is 13.3. The van der Waals surface area contributed by atoms with Gasteiger partial charge in [0.25, 0.3) is 0 Å². The average Bonchev–Trinajstić information content (AvgIpc) is 3.15. The number of nitrogens with zero attached hydrogens (tertiary/aromatic N) is 2. The Balaban J connectivity index is 0.00000300. The fraction of sp³-hybridized carbons (Fsp3) is 0.273. The largest absolute Gasteiger partial charge is 0.444 e. The maximum Gasteiger partial charge on any atom is 0.226 e. The van der Waals surface area contributed by atoms with Crippen molar-refractivity contribution in [1.82, 2.24) is 15.6 Å². The average molecular weight is 508 g/mol. The zero-order chi connectivity index (χ0) is 19.8. The summed E-state index contributed by atoms with van der Waals surface area (Å²) in [5.74, 6) is 1.07. The first-order valence-corrected chi connectivity index (χ1v) is 9.42. The van der Waals surface area contributed by atoms with Gasteiger partial charge in [-0.2, -0.15) is 0 Å². The van der Waals surface area contributed by atoms with E-state index in [2.05, 4.69) is 20.6 Å². The van der Waals surface area contributed by atoms with Crippen LogP contribution in [0.15, 0.2) is 64.2 Å². The first-order valence-electron chi connectivity index (χ1n) is 9.42. The Hall–Kier alpha value is -2.42. The maximum atomic E-state index is 13.3. The molecule has 0 spiro atoms. The summed E-state index contributed by atoms with van der Waals surface area (Å²) in [5, 5.41) is 6.47. The number of benzene rings is 2. The van der Waals surface area contributed by atoms with E-state index in [1.807, 2.05) is 44.2 Å². The molecule has 29 heavy (non-hydrogen) atoms. The molecule has 5 nitrogen and oxygen atoms in total. The number of nitrogens with one attached hydrogen (secondary N) is 2. The number of hydrogen-bond donors (Lipinski definition) is 2. The molecule has 0 atom stereocenters. The van der Waals surface area contributed by atoms with Gasteiger partial charge >= 0.3 is 0 Å². The van der Waals surface area contributed by atoms with Crippen LogP contribution in [0.3, 0.4) is 0 Å². The summed E-state index contributed by atoms with van der Waals surface area (Å²) in [5.41, 5.74) is 3.88. The number of guanidine groups is 1. The van der Waals surface area contributed by atoms with Crippen molar-refractivity contribution in [2.75, 3.05) is 13.1 Å². The molecule has 0 fully saturated rings. The summed E-state index contributed by atoms with van der Waals surface area (Å²) in [6, 6.07) is 14.6. The van der Waals surface area contributed by atoms with Crippen LogP contribution in [0.1, 0.15) is 23.7 Å². The zero-order valence-corrected chi connectivity index (χ0v) is 18.9. The van der Waals surface area contributed by atoms with Crippen molar-refractivity contribution in [3.8, 4) is 11.5 Å². The minimum absolute atomic E-state index is 0. The van der Waals surface area contributed by atoms with Crippen LogP contribution >= 0.6 is 24.0 Å². The van der Waals surface area contributed by atoms with Crippen molar-refractivity contribution in [2.24, 2.45) is 4.99 Å². The number of oxazole rings is 1. The van der Waals surface area contributed by atoms with Crippen LogP contribution in [0.5, 0.6) is 0 Å². The molecule has 1 aromatic heterocycles. The first-order chi connectivity index (χ1) is 13.6. The SMILES string of the molecule is CCNC(=NCc1cccc(F)c1)NCCc1coc(-c2ccc(C)cc2)n1.I. The van der Waals surface area contributed by atoms with E-state index in [0.29, 0.717) is 31.4 Å². The molecule has 0 amide bonds. The van der Waals surface area contributed by atoms with Gasteiger partial charge in [-0.1, -0.05) is 29.8 Å². The highest BCUT2D eigenvalue weighted by molar-refractivity contribution is 14.0. The van der Waals surface area contributed by atoms with Gasteiger partial charge in [0.2, 0.25) is 5.89 Å². The van der Waals surface area contributed by atoms with Crippen LogP contribution in [0.25, 0.3) is 11.5 Å². The predicted molar refractivity (Wildman–Crippen MR) is 125 cm³/mol. The van der Waals surface area contributed by atoms with Crippen LogP contribution in [-0.4, -0.2) is 24.0 Å². The first kappa shape index (κ1) is 22.9. The molecule has 0 aliphatic rings. The lowest BCUT2D eigenvalue weighted by atomic mass is 10.1. The van der Waals surface area contributed by atoms with E-state index in [1.54, 1.807) is 12.3 Å². The number of aromatic nitrogens is 1. The van der Waals surface area contributed by atoms with Gasteiger partial charge in [0, 0.05) is 25.1 Å². The topological polar surface area (TPSA) is 62.5 Å². The lowest BCUT2D eigenvalue weighted by Crippen LogP contribution is -2.38. The molecule has 3 aromatic rings. The summed E-state index contributed by atoms with van der Waals surface area (Å²) in [4.78, 5) is 9.05. The fourth-order valence-electron chi connectivity index (χ4n) is 2.71. The van der Waals surface area contributed by atoms with Crippen LogP contribution < -0.4 is 10.6 Å². The molecule has 0 aliphatic heterocycles. The summed E-state index contributed by atoms with van der Waals surface area (Å²) in [7, 11) is 0. The molecular weight excluding hydrogens is 482 g/mol. The monoisotopic (exact) mass is 508 g/mol. The number of hydrogen-bond acceptors (Lipinski definition) is 3. The standard InChI is InChI=1S/C22H25FN4O.HI/c1-3-24-22(26-14-17-5-4-6-19(23)13-17)25-12-11-20-15-28-21(27-20)18-9-7-16(2)8-10-18;/h4-10,13,15H,3,11-12,14H2,1-2H3,(H2,24,25,26);1H. The van der Waals surface area contributed by atoms with Gasteiger partial charge in [-0.3, -0.25) is 0 Å². The van der Waals surface area contributed by atoms with Crippen LogP contribution in [-0.2, 0) is 13.0 Å². The number of rotatable bonds is 7. The van der Waals surface area contributed by atoms with E-state index in [9.17, 15) is 4.39 Å². The lowest BCUT2D eigenvalue weighted by Gasteiger charge is -2.10. The Morgan fingerprint density at radius 2 is 1.93 bits per heavy atom. The third-order valence-electron chi connectivity index (χ3n) is 4.18. The summed E-state index contributed by atoms with van der Waals surface area (Å²) >= 11 is 0. The third kappa shape index (κ3) is 7.16. The molecule has 3 rings (SSSR count).